The predicted molar refractivity (Wildman–Crippen MR) is 59.6 cm³/mol. The highest BCUT2D eigenvalue weighted by Crippen LogP contribution is 2.15. The standard InChI is InChI=1S/C11H21N3O/c1-14-5-3-2-4-10(14)11(15)13-8-9-6-12-7-9/h9-10,12H,2-8H2,1H3,(H,13,15). The first-order chi connectivity index (χ1) is 7.27. The molecule has 1 atom stereocenters. The zero-order chi connectivity index (χ0) is 10.7. The first-order valence-electron chi connectivity index (χ1n) is 5.96. The summed E-state index contributed by atoms with van der Waals surface area (Å²) in [7, 11) is 2.05. The van der Waals surface area contributed by atoms with Gasteiger partial charge in [0.2, 0.25) is 5.91 Å². The summed E-state index contributed by atoms with van der Waals surface area (Å²) in [4.78, 5) is 14.1. The number of likely N-dealkylation sites (tertiary alicyclic amines) is 1. The van der Waals surface area contributed by atoms with Crippen LogP contribution in [0.3, 0.4) is 0 Å². The number of nitrogens with one attached hydrogen (secondary N) is 2. The van der Waals surface area contributed by atoms with E-state index in [1.54, 1.807) is 0 Å². The van der Waals surface area contributed by atoms with Crippen LogP contribution in [0, 0.1) is 5.92 Å². The molecule has 0 aromatic carbocycles. The van der Waals surface area contributed by atoms with E-state index in [1.165, 1.54) is 12.8 Å². The van der Waals surface area contributed by atoms with Gasteiger partial charge >= 0.3 is 0 Å². The van der Waals surface area contributed by atoms with Gasteiger partial charge in [0.1, 0.15) is 0 Å². The number of carbonyl (C=O) groups is 1. The van der Waals surface area contributed by atoms with Crippen LogP contribution < -0.4 is 10.6 Å². The number of nitrogens with zero attached hydrogens (tertiary/aromatic N) is 1. The first-order valence-corrected chi connectivity index (χ1v) is 5.96. The van der Waals surface area contributed by atoms with Gasteiger partial charge in [-0.2, -0.15) is 0 Å². The molecular formula is C11H21N3O. The molecule has 2 heterocycles. The highest BCUT2D eigenvalue weighted by molar-refractivity contribution is 5.81. The molecule has 2 rings (SSSR count). The van der Waals surface area contributed by atoms with Gasteiger partial charge < -0.3 is 10.6 Å². The van der Waals surface area contributed by atoms with Crippen LogP contribution in [0.15, 0.2) is 0 Å². The molecule has 4 nitrogen and oxygen atoms in total. The Morgan fingerprint density at radius 3 is 2.87 bits per heavy atom. The molecule has 0 spiro atoms. The van der Waals surface area contributed by atoms with Gasteiger partial charge in [-0.3, -0.25) is 9.69 Å². The van der Waals surface area contributed by atoms with Crippen LogP contribution in [0.5, 0.6) is 0 Å². The van der Waals surface area contributed by atoms with Gasteiger partial charge in [0.25, 0.3) is 0 Å². The van der Waals surface area contributed by atoms with Crippen LogP contribution >= 0.6 is 0 Å². The smallest absolute Gasteiger partial charge is 0.237 e. The maximum Gasteiger partial charge on any atom is 0.237 e. The van der Waals surface area contributed by atoms with Crippen LogP contribution in [-0.2, 0) is 4.79 Å². The monoisotopic (exact) mass is 211 g/mol. The molecule has 0 bridgehead atoms. The Morgan fingerprint density at radius 1 is 1.47 bits per heavy atom. The number of rotatable bonds is 3. The Labute approximate surface area is 91.4 Å². The molecule has 0 aromatic rings. The molecule has 2 aliphatic rings. The van der Waals surface area contributed by atoms with Gasteiger partial charge in [0.15, 0.2) is 0 Å². The third-order valence-corrected chi connectivity index (χ3v) is 3.50. The predicted octanol–water partition coefficient (Wildman–Crippen LogP) is -0.194. The lowest BCUT2D eigenvalue weighted by molar-refractivity contribution is -0.127. The van der Waals surface area contributed by atoms with Crippen molar-refractivity contribution in [2.75, 3.05) is 33.2 Å². The fourth-order valence-corrected chi connectivity index (χ4v) is 2.26. The molecule has 2 N–H and O–H groups in total. The Kier molecular flexibility index (Phi) is 3.59. The second-order valence-corrected chi connectivity index (χ2v) is 4.76. The van der Waals surface area contributed by atoms with Gasteiger partial charge in [-0.05, 0) is 26.4 Å². The molecule has 0 aromatic heterocycles. The number of hydrogen-bond donors (Lipinski definition) is 2. The molecule has 4 heteroatoms. The first kappa shape index (κ1) is 10.9. The summed E-state index contributed by atoms with van der Waals surface area (Å²) >= 11 is 0. The van der Waals surface area contributed by atoms with Crippen molar-refractivity contribution in [1.82, 2.24) is 15.5 Å². The number of carbonyl (C=O) groups excluding carboxylic acids is 1. The quantitative estimate of drug-likeness (QED) is 0.680. The van der Waals surface area contributed by atoms with Crippen LogP contribution in [0.2, 0.25) is 0 Å². The maximum absolute atomic E-state index is 11.9. The number of hydrogen-bond acceptors (Lipinski definition) is 3. The Morgan fingerprint density at radius 2 is 2.27 bits per heavy atom. The number of piperidine rings is 1. The van der Waals surface area contributed by atoms with Crippen LogP contribution in [-0.4, -0.2) is 50.1 Å². The minimum atomic E-state index is 0.117. The van der Waals surface area contributed by atoms with E-state index in [9.17, 15) is 4.79 Å². The van der Waals surface area contributed by atoms with E-state index in [2.05, 4.69) is 15.5 Å². The summed E-state index contributed by atoms with van der Waals surface area (Å²) in [5.74, 6) is 0.881. The Hall–Kier alpha value is -0.610. The minimum Gasteiger partial charge on any atom is -0.354 e. The fourth-order valence-electron chi connectivity index (χ4n) is 2.26. The molecule has 0 saturated carbocycles. The van der Waals surface area contributed by atoms with E-state index in [4.69, 9.17) is 0 Å². The van der Waals surface area contributed by atoms with Gasteiger partial charge in [0.05, 0.1) is 6.04 Å². The lowest BCUT2D eigenvalue weighted by atomic mass is 10.0. The molecule has 1 amide bonds. The molecule has 2 aliphatic heterocycles. The Bertz CT molecular complexity index is 228. The van der Waals surface area contributed by atoms with Crippen molar-refractivity contribution in [2.45, 2.75) is 25.3 Å². The van der Waals surface area contributed by atoms with E-state index >= 15 is 0 Å². The third-order valence-electron chi connectivity index (χ3n) is 3.50. The van der Waals surface area contributed by atoms with E-state index in [-0.39, 0.29) is 11.9 Å². The highest BCUT2D eigenvalue weighted by Gasteiger charge is 2.26. The van der Waals surface area contributed by atoms with Crippen molar-refractivity contribution in [1.29, 1.82) is 0 Å². The summed E-state index contributed by atoms with van der Waals surface area (Å²) in [6.45, 7) is 4.01. The van der Waals surface area contributed by atoms with Gasteiger partial charge in [0, 0.05) is 25.6 Å². The molecule has 2 saturated heterocycles. The lowest BCUT2D eigenvalue weighted by Gasteiger charge is -2.33. The van der Waals surface area contributed by atoms with Crippen molar-refractivity contribution in [2.24, 2.45) is 5.92 Å². The van der Waals surface area contributed by atoms with Crippen molar-refractivity contribution in [3.05, 3.63) is 0 Å². The molecule has 0 radical (unpaired) electrons. The van der Waals surface area contributed by atoms with E-state index in [0.717, 1.165) is 32.6 Å². The minimum absolute atomic E-state index is 0.117. The van der Waals surface area contributed by atoms with Crippen LogP contribution in [0.1, 0.15) is 19.3 Å². The van der Waals surface area contributed by atoms with Gasteiger partial charge in [-0.15, -0.1) is 0 Å². The number of likely N-dealkylation sites (N-methyl/N-ethyl adjacent to an activating group) is 1. The average molecular weight is 211 g/mol. The maximum atomic E-state index is 11.9. The number of amides is 1. The Balaban J connectivity index is 1.73. The second-order valence-electron chi connectivity index (χ2n) is 4.76. The van der Waals surface area contributed by atoms with E-state index in [0.29, 0.717) is 5.92 Å². The lowest BCUT2D eigenvalue weighted by Crippen LogP contribution is -2.52. The summed E-state index contributed by atoms with van der Waals surface area (Å²) in [5, 5.41) is 6.28. The summed E-state index contributed by atoms with van der Waals surface area (Å²) < 4.78 is 0. The van der Waals surface area contributed by atoms with E-state index < -0.39 is 0 Å². The summed E-state index contributed by atoms with van der Waals surface area (Å²) in [5.41, 5.74) is 0. The van der Waals surface area contributed by atoms with Crippen molar-refractivity contribution in [3.63, 3.8) is 0 Å². The summed E-state index contributed by atoms with van der Waals surface area (Å²) in [6.07, 6.45) is 3.44. The molecule has 15 heavy (non-hydrogen) atoms. The average Bonchev–Trinajstić information content (AvgIpc) is 2.16. The molecule has 2 fully saturated rings. The van der Waals surface area contributed by atoms with Crippen LogP contribution in [0.4, 0.5) is 0 Å². The zero-order valence-corrected chi connectivity index (χ0v) is 9.46. The molecule has 0 aliphatic carbocycles. The van der Waals surface area contributed by atoms with Crippen molar-refractivity contribution < 1.29 is 4.79 Å². The largest absolute Gasteiger partial charge is 0.354 e. The topological polar surface area (TPSA) is 44.4 Å². The molecule has 86 valence electrons. The van der Waals surface area contributed by atoms with Gasteiger partial charge in [-0.1, -0.05) is 6.42 Å². The van der Waals surface area contributed by atoms with E-state index in [1.807, 2.05) is 7.05 Å². The normalized spacial score (nSPS) is 28.5. The second kappa shape index (κ2) is 4.94. The SMILES string of the molecule is CN1CCCCC1C(=O)NCC1CNC1. The van der Waals surface area contributed by atoms with Crippen molar-refractivity contribution >= 4 is 5.91 Å². The van der Waals surface area contributed by atoms with Gasteiger partial charge in [-0.25, -0.2) is 0 Å². The summed E-state index contributed by atoms with van der Waals surface area (Å²) in [6, 6.07) is 0.117. The third kappa shape index (κ3) is 2.69. The van der Waals surface area contributed by atoms with Crippen molar-refractivity contribution in [3.8, 4) is 0 Å². The fraction of sp³-hybridized carbons (Fsp3) is 0.909. The molecule has 1 unspecified atom stereocenters. The van der Waals surface area contributed by atoms with Crippen LogP contribution in [0.25, 0.3) is 0 Å². The zero-order valence-electron chi connectivity index (χ0n) is 9.46. The highest BCUT2D eigenvalue weighted by atomic mass is 16.2. The molecular weight excluding hydrogens is 190 g/mol.